The second-order valence-corrected chi connectivity index (χ2v) is 9.09. The van der Waals surface area contributed by atoms with Gasteiger partial charge in [0.05, 0.1) is 5.69 Å². The number of fused-ring (bicyclic) bond motifs is 1. The van der Waals surface area contributed by atoms with E-state index in [0.717, 1.165) is 50.2 Å². The number of halogens is 2. The minimum atomic E-state index is -0.141. The quantitative estimate of drug-likeness (QED) is 0.719. The molecule has 1 fully saturated rings. The van der Waals surface area contributed by atoms with Crippen LogP contribution in [0.15, 0.2) is 18.2 Å². The van der Waals surface area contributed by atoms with Gasteiger partial charge in [0, 0.05) is 47.0 Å². The molecular weight excluding hydrogens is 403 g/mol. The van der Waals surface area contributed by atoms with E-state index in [0.29, 0.717) is 21.2 Å². The van der Waals surface area contributed by atoms with E-state index in [-0.39, 0.29) is 6.03 Å². The minimum Gasteiger partial charge on any atom is -0.335 e. The van der Waals surface area contributed by atoms with Crippen LogP contribution in [0.4, 0.5) is 9.93 Å². The van der Waals surface area contributed by atoms with Crippen molar-refractivity contribution in [2.45, 2.75) is 51.2 Å². The van der Waals surface area contributed by atoms with Crippen molar-refractivity contribution in [3.63, 3.8) is 0 Å². The van der Waals surface area contributed by atoms with Crippen LogP contribution in [-0.4, -0.2) is 28.5 Å². The predicted octanol–water partition coefficient (Wildman–Crippen LogP) is 5.07. The Labute approximate surface area is 173 Å². The van der Waals surface area contributed by atoms with Gasteiger partial charge in [0.2, 0.25) is 0 Å². The summed E-state index contributed by atoms with van der Waals surface area (Å²) in [6.07, 6.45) is 5.42. The summed E-state index contributed by atoms with van der Waals surface area (Å²) in [6, 6.07) is 5.80. The molecule has 4 rings (SSSR count). The number of hydrogen-bond acceptors (Lipinski definition) is 4. The van der Waals surface area contributed by atoms with Gasteiger partial charge in [0.1, 0.15) is 0 Å². The largest absolute Gasteiger partial charge is 0.335 e. The standard InChI is InChI=1S/C19H22Cl2N4OS/c20-13-6-5-12(15(21)9-13)10-25-8-7-16-17(11-25)27-19(23-16)24-18(26)22-14-3-1-2-4-14/h5-6,9,14H,1-4,7-8,10-11H2,(H2,22,23,24,26). The molecule has 2 heterocycles. The zero-order chi connectivity index (χ0) is 18.8. The first-order valence-corrected chi connectivity index (χ1v) is 10.9. The normalized spacial score (nSPS) is 17.7. The molecule has 0 unspecified atom stereocenters. The van der Waals surface area contributed by atoms with Crippen molar-refractivity contribution in [1.82, 2.24) is 15.2 Å². The van der Waals surface area contributed by atoms with Crippen LogP contribution >= 0.6 is 34.5 Å². The summed E-state index contributed by atoms with van der Waals surface area (Å²) < 4.78 is 0. The average molecular weight is 425 g/mol. The van der Waals surface area contributed by atoms with E-state index in [1.807, 2.05) is 12.1 Å². The Kier molecular flexibility index (Phi) is 5.88. The van der Waals surface area contributed by atoms with E-state index in [4.69, 9.17) is 23.2 Å². The zero-order valence-electron chi connectivity index (χ0n) is 14.9. The molecule has 27 heavy (non-hydrogen) atoms. The third kappa shape index (κ3) is 4.74. The third-order valence-corrected chi connectivity index (χ3v) is 6.71. The SMILES string of the molecule is O=C(Nc1nc2c(s1)CN(Cc1ccc(Cl)cc1Cl)CC2)NC1CCCC1. The van der Waals surface area contributed by atoms with E-state index < -0.39 is 0 Å². The lowest BCUT2D eigenvalue weighted by molar-refractivity contribution is 0.247. The summed E-state index contributed by atoms with van der Waals surface area (Å²) in [5.74, 6) is 0. The fourth-order valence-electron chi connectivity index (χ4n) is 3.72. The van der Waals surface area contributed by atoms with Crippen molar-refractivity contribution in [2.24, 2.45) is 0 Å². The Balaban J connectivity index is 1.36. The monoisotopic (exact) mass is 424 g/mol. The highest BCUT2D eigenvalue weighted by Crippen LogP contribution is 2.30. The van der Waals surface area contributed by atoms with E-state index in [9.17, 15) is 4.79 Å². The van der Waals surface area contributed by atoms with Crippen molar-refractivity contribution < 1.29 is 4.79 Å². The van der Waals surface area contributed by atoms with Gasteiger partial charge >= 0.3 is 6.03 Å². The number of hydrogen-bond donors (Lipinski definition) is 2. The lowest BCUT2D eigenvalue weighted by atomic mass is 10.1. The highest BCUT2D eigenvalue weighted by molar-refractivity contribution is 7.15. The summed E-state index contributed by atoms with van der Waals surface area (Å²) in [4.78, 5) is 20.3. The molecule has 1 aliphatic heterocycles. The second-order valence-electron chi connectivity index (χ2n) is 7.17. The average Bonchev–Trinajstić information content (AvgIpc) is 3.26. The summed E-state index contributed by atoms with van der Waals surface area (Å²) in [5, 5.41) is 7.98. The van der Waals surface area contributed by atoms with Crippen molar-refractivity contribution in [3.8, 4) is 0 Å². The maximum absolute atomic E-state index is 12.2. The molecule has 0 saturated heterocycles. The molecule has 2 aliphatic rings. The van der Waals surface area contributed by atoms with Crippen molar-refractivity contribution >= 4 is 45.7 Å². The van der Waals surface area contributed by atoms with Crippen LogP contribution in [0.1, 0.15) is 41.8 Å². The number of aromatic nitrogens is 1. The van der Waals surface area contributed by atoms with Gasteiger partial charge in [-0.15, -0.1) is 11.3 Å². The van der Waals surface area contributed by atoms with E-state index in [2.05, 4.69) is 20.5 Å². The van der Waals surface area contributed by atoms with Gasteiger partial charge in [0.15, 0.2) is 5.13 Å². The van der Waals surface area contributed by atoms with Gasteiger partial charge in [-0.25, -0.2) is 9.78 Å². The first-order valence-electron chi connectivity index (χ1n) is 9.29. The summed E-state index contributed by atoms with van der Waals surface area (Å²) >= 11 is 13.8. The highest BCUT2D eigenvalue weighted by atomic mass is 35.5. The van der Waals surface area contributed by atoms with E-state index in [1.54, 1.807) is 17.4 Å². The lowest BCUT2D eigenvalue weighted by Crippen LogP contribution is -2.36. The molecule has 0 spiro atoms. The molecule has 1 aliphatic carbocycles. The molecule has 2 aromatic rings. The predicted molar refractivity (Wildman–Crippen MR) is 111 cm³/mol. The number of amides is 2. The van der Waals surface area contributed by atoms with Gasteiger partial charge in [-0.1, -0.05) is 42.1 Å². The fraction of sp³-hybridized carbons (Fsp3) is 0.474. The number of thiazole rings is 1. The zero-order valence-corrected chi connectivity index (χ0v) is 17.3. The number of benzene rings is 1. The van der Waals surface area contributed by atoms with Crippen molar-refractivity contribution in [2.75, 3.05) is 11.9 Å². The van der Waals surface area contributed by atoms with Gasteiger partial charge in [-0.2, -0.15) is 0 Å². The Morgan fingerprint density at radius 1 is 1.30 bits per heavy atom. The summed E-state index contributed by atoms with van der Waals surface area (Å²) in [5.41, 5.74) is 2.16. The van der Waals surface area contributed by atoms with E-state index in [1.165, 1.54) is 17.7 Å². The minimum absolute atomic E-state index is 0.141. The number of carbonyl (C=O) groups excluding carboxylic acids is 1. The van der Waals surface area contributed by atoms with Crippen LogP contribution in [0.5, 0.6) is 0 Å². The molecule has 1 aromatic carbocycles. The van der Waals surface area contributed by atoms with Crippen LogP contribution in [-0.2, 0) is 19.5 Å². The van der Waals surface area contributed by atoms with Gasteiger partial charge in [-0.3, -0.25) is 10.2 Å². The first-order chi connectivity index (χ1) is 13.1. The van der Waals surface area contributed by atoms with E-state index >= 15 is 0 Å². The molecule has 0 radical (unpaired) electrons. The molecular formula is C19H22Cl2N4OS. The van der Waals surface area contributed by atoms with Gasteiger partial charge in [0.25, 0.3) is 0 Å². The Morgan fingerprint density at radius 3 is 2.89 bits per heavy atom. The van der Waals surface area contributed by atoms with Crippen LogP contribution in [0, 0.1) is 0 Å². The van der Waals surface area contributed by atoms with Crippen LogP contribution in [0.2, 0.25) is 10.0 Å². The Morgan fingerprint density at radius 2 is 2.11 bits per heavy atom. The summed E-state index contributed by atoms with van der Waals surface area (Å²) in [7, 11) is 0. The molecule has 1 saturated carbocycles. The molecule has 2 amide bonds. The first kappa shape index (κ1) is 19.0. The number of anilines is 1. The molecule has 0 atom stereocenters. The third-order valence-electron chi connectivity index (χ3n) is 5.13. The summed E-state index contributed by atoms with van der Waals surface area (Å²) in [6.45, 7) is 2.51. The number of carbonyl (C=O) groups is 1. The van der Waals surface area contributed by atoms with Crippen LogP contribution in [0.3, 0.4) is 0 Å². The number of nitrogens with one attached hydrogen (secondary N) is 2. The molecule has 5 nitrogen and oxygen atoms in total. The number of urea groups is 1. The molecule has 8 heteroatoms. The topological polar surface area (TPSA) is 57.3 Å². The van der Waals surface area contributed by atoms with Crippen molar-refractivity contribution in [1.29, 1.82) is 0 Å². The molecule has 1 aromatic heterocycles. The van der Waals surface area contributed by atoms with Crippen molar-refractivity contribution in [3.05, 3.63) is 44.4 Å². The Bertz CT molecular complexity index is 835. The second kappa shape index (κ2) is 8.35. The number of rotatable bonds is 4. The Hall–Kier alpha value is -1.34. The number of nitrogens with zero attached hydrogens (tertiary/aromatic N) is 2. The molecule has 144 valence electrons. The van der Waals surface area contributed by atoms with Gasteiger partial charge in [-0.05, 0) is 30.5 Å². The van der Waals surface area contributed by atoms with Crippen LogP contribution < -0.4 is 10.6 Å². The maximum Gasteiger partial charge on any atom is 0.321 e. The molecule has 0 bridgehead atoms. The smallest absolute Gasteiger partial charge is 0.321 e. The highest BCUT2D eigenvalue weighted by Gasteiger charge is 2.23. The fourth-order valence-corrected chi connectivity index (χ4v) is 5.23. The molecule has 2 N–H and O–H groups in total. The lowest BCUT2D eigenvalue weighted by Gasteiger charge is -2.26. The van der Waals surface area contributed by atoms with Crippen LogP contribution in [0.25, 0.3) is 0 Å². The maximum atomic E-state index is 12.2. The van der Waals surface area contributed by atoms with Gasteiger partial charge < -0.3 is 5.32 Å².